The van der Waals surface area contributed by atoms with Crippen molar-refractivity contribution >= 4 is 17.4 Å². The molecule has 1 fully saturated rings. The van der Waals surface area contributed by atoms with Crippen LogP contribution in [-0.2, 0) is 16.0 Å². The van der Waals surface area contributed by atoms with Crippen LogP contribution in [0.25, 0.3) is 5.76 Å². The summed E-state index contributed by atoms with van der Waals surface area (Å²) in [4.78, 5) is 28.1. The van der Waals surface area contributed by atoms with Crippen molar-refractivity contribution in [2.75, 3.05) is 19.8 Å². The number of hydrogen-bond donors (Lipinski definition) is 1. The lowest BCUT2D eigenvalue weighted by Crippen LogP contribution is -2.31. The highest BCUT2D eigenvalue weighted by molar-refractivity contribution is 6.46. The van der Waals surface area contributed by atoms with E-state index >= 15 is 0 Å². The summed E-state index contributed by atoms with van der Waals surface area (Å²) in [6.07, 6.45) is 2.51. The van der Waals surface area contributed by atoms with Gasteiger partial charge in [0.05, 0.1) is 24.8 Å². The van der Waals surface area contributed by atoms with Gasteiger partial charge in [0.25, 0.3) is 11.7 Å². The number of amides is 1. The molecule has 0 radical (unpaired) electrons. The van der Waals surface area contributed by atoms with E-state index in [1.165, 1.54) is 0 Å². The third kappa shape index (κ3) is 6.02. The van der Waals surface area contributed by atoms with Gasteiger partial charge in [-0.15, -0.1) is 0 Å². The fraction of sp³-hybridized carbons (Fsp3) is 0.290. The standard InChI is InChI=1S/C31H33NO5/c1-3-5-20-37-26-13-9-12-24(21-26)29(33)27-28(23-14-16-25(17-15-23)36-4-2)32(31(35)30(27)34)19-18-22-10-7-6-8-11-22/h6-17,21,28,33H,3-5,18-20H2,1-2H3. The van der Waals surface area contributed by atoms with Gasteiger partial charge in [0.2, 0.25) is 0 Å². The Morgan fingerprint density at radius 1 is 0.892 bits per heavy atom. The summed E-state index contributed by atoms with van der Waals surface area (Å²) in [6.45, 7) is 5.43. The number of aliphatic hydroxyl groups is 1. The molecule has 3 aromatic rings. The SMILES string of the molecule is CCCCOc1cccc(C(O)=C2C(=O)C(=O)N(CCc3ccccc3)C2c2ccc(OCC)cc2)c1. The molecular weight excluding hydrogens is 466 g/mol. The zero-order valence-corrected chi connectivity index (χ0v) is 21.4. The molecule has 0 spiro atoms. The first kappa shape index (κ1) is 26.0. The maximum absolute atomic E-state index is 13.3. The molecule has 192 valence electrons. The molecule has 1 N–H and O–H groups in total. The Morgan fingerprint density at radius 3 is 2.35 bits per heavy atom. The van der Waals surface area contributed by atoms with Gasteiger partial charge in [-0.05, 0) is 55.2 Å². The predicted molar refractivity (Wildman–Crippen MR) is 144 cm³/mol. The summed E-state index contributed by atoms with van der Waals surface area (Å²) < 4.78 is 11.4. The lowest BCUT2D eigenvalue weighted by molar-refractivity contribution is -0.139. The average molecular weight is 500 g/mol. The average Bonchev–Trinajstić information content (AvgIpc) is 3.18. The Kier molecular flexibility index (Phi) is 8.62. The van der Waals surface area contributed by atoms with Crippen LogP contribution in [0.1, 0.15) is 49.4 Å². The molecule has 0 aromatic heterocycles. The molecule has 1 heterocycles. The largest absolute Gasteiger partial charge is 0.507 e. The molecule has 1 unspecified atom stereocenters. The summed E-state index contributed by atoms with van der Waals surface area (Å²) in [5.74, 6) is -0.216. The van der Waals surface area contributed by atoms with E-state index in [4.69, 9.17) is 9.47 Å². The lowest BCUT2D eigenvalue weighted by Gasteiger charge is -2.25. The molecule has 1 saturated heterocycles. The van der Waals surface area contributed by atoms with E-state index in [1.54, 1.807) is 23.1 Å². The lowest BCUT2D eigenvalue weighted by atomic mass is 9.95. The van der Waals surface area contributed by atoms with Crippen molar-refractivity contribution in [3.63, 3.8) is 0 Å². The molecule has 1 aliphatic rings. The molecule has 0 bridgehead atoms. The molecule has 1 aliphatic heterocycles. The number of hydrogen-bond acceptors (Lipinski definition) is 5. The van der Waals surface area contributed by atoms with Crippen LogP contribution in [0, 0.1) is 0 Å². The summed E-state index contributed by atoms with van der Waals surface area (Å²) in [7, 11) is 0. The number of Topliss-reactive ketones (excluding diaryl/α,β-unsaturated/α-hetero) is 1. The van der Waals surface area contributed by atoms with Crippen LogP contribution < -0.4 is 9.47 Å². The van der Waals surface area contributed by atoms with E-state index in [0.29, 0.717) is 43.2 Å². The molecule has 6 heteroatoms. The number of nitrogens with zero attached hydrogens (tertiary/aromatic N) is 1. The van der Waals surface area contributed by atoms with Gasteiger partial charge >= 0.3 is 0 Å². The van der Waals surface area contributed by atoms with E-state index in [2.05, 4.69) is 6.92 Å². The number of ketones is 1. The second-order valence-electron chi connectivity index (χ2n) is 8.96. The number of aliphatic hydroxyl groups excluding tert-OH is 1. The normalized spacial score (nSPS) is 16.7. The molecule has 37 heavy (non-hydrogen) atoms. The molecule has 4 rings (SSSR count). The van der Waals surface area contributed by atoms with Gasteiger partial charge in [-0.1, -0.05) is 67.9 Å². The highest BCUT2D eigenvalue weighted by Gasteiger charge is 2.45. The van der Waals surface area contributed by atoms with Gasteiger partial charge in [-0.25, -0.2) is 0 Å². The Balaban J connectivity index is 1.73. The topological polar surface area (TPSA) is 76.1 Å². The minimum Gasteiger partial charge on any atom is -0.507 e. The summed E-state index contributed by atoms with van der Waals surface area (Å²) >= 11 is 0. The van der Waals surface area contributed by atoms with Crippen LogP contribution in [0.15, 0.2) is 84.4 Å². The Morgan fingerprint density at radius 2 is 1.65 bits per heavy atom. The van der Waals surface area contributed by atoms with E-state index in [1.807, 2.05) is 67.6 Å². The second-order valence-corrected chi connectivity index (χ2v) is 8.96. The summed E-state index contributed by atoms with van der Waals surface area (Å²) in [5, 5.41) is 11.4. The maximum atomic E-state index is 13.3. The van der Waals surface area contributed by atoms with Crippen LogP contribution in [0.5, 0.6) is 11.5 Å². The molecule has 6 nitrogen and oxygen atoms in total. The molecular formula is C31H33NO5. The van der Waals surface area contributed by atoms with E-state index in [9.17, 15) is 14.7 Å². The monoisotopic (exact) mass is 499 g/mol. The highest BCUT2D eigenvalue weighted by Crippen LogP contribution is 2.40. The number of carbonyl (C=O) groups is 2. The summed E-state index contributed by atoms with van der Waals surface area (Å²) in [6, 6.07) is 23.4. The molecule has 1 amide bonds. The second kappa shape index (κ2) is 12.3. The maximum Gasteiger partial charge on any atom is 0.295 e. The van der Waals surface area contributed by atoms with Gasteiger partial charge in [-0.2, -0.15) is 0 Å². The highest BCUT2D eigenvalue weighted by atomic mass is 16.5. The third-order valence-corrected chi connectivity index (χ3v) is 6.41. The van der Waals surface area contributed by atoms with Crippen molar-refractivity contribution < 1.29 is 24.2 Å². The predicted octanol–water partition coefficient (Wildman–Crippen LogP) is 5.93. The third-order valence-electron chi connectivity index (χ3n) is 6.41. The van der Waals surface area contributed by atoms with Crippen molar-refractivity contribution in [1.82, 2.24) is 4.90 Å². The first-order chi connectivity index (χ1) is 18.0. The van der Waals surface area contributed by atoms with Crippen molar-refractivity contribution in [1.29, 1.82) is 0 Å². The number of likely N-dealkylation sites (tertiary alicyclic amines) is 1. The van der Waals surface area contributed by atoms with Crippen LogP contribution in [0.2, 0.25) is 0 Å². The first-order valence-corrected chi connectivity index (χ1v) is 12.8. The Bertz CT molecular complexity index is 1250. The minimum atomic E-state index is -0.718. The zero-order valence-electron chi connectivity index (χ0n) is 21.4. The van der Waals surface area contributed by atoms with Crippen molar-refractivity contribution in [2.24, 2.45) is 0 Å². The van der Waals surface area contributed by atoms with Crippen molar-refractivity contribution in [2.45, 2.75) is 39.2 Å². The number of ether oxygens (including phenoxy) is 2. The van der Waals surface area contributed by atoms with Gasteiger partial charge in [-0.3, -0.25) is 9.59 Å². The number of unbranched alkanes of at least 4 members (excludes halogenated alkanes) is 1. The first-order valence-electron chi connectivity index (χ1n) is 12.8. The molecule has 0 saturated carbocycles. The fourth-order valence-corrected chi connectivity index (χ4v) is 4.49. The van der Waals surface area contributed by atoms with Crippen LogP contribution in [0.4, 0.5) is 0 Å². The number of carbonyl (C=O) groups excluding carboxylic acids is 2. The Labute approximate surface area is 218 Å². The van der Waals surface area contributed by atoms with Crippen LogP contribution >= 0.6 is 0 Å². The van der Waals surface area contributed by atoms with Gasteiger partial charge in [0.15, 0.2) is 0 Å². The van der Waals surface area contributed by atoms with Crippen molar-refractivity contribution in [3.8, 4) is 11.5 Å². The van der Waals surface area contributed by atoms with E-state index in [-0.39, 0.29) is 11.3 Å². The van der Waals surface area contributed by atoms with Crippen LogP contribution in [0.3, 0.4) is 0 Å². The number of rotatable bonds is 11. The van der Waals surface area contributed by atoms with Gasteiger partial charge < -0.3 is 19.5 Å². The smallest absolute Gasteiger partial charge is 0.295 e. The van der Waals surface area contributed by atoms with Crippen molar-refractivity contribution in [3.05, 3.63) is 101 Å². The van der Waals surface area contributed by atoms with E-state index < -0.39 is 17.7 Å². The molecule has 0 aliphatic carbocycles. The zero-order chi connectivity index (χ0) is 26.2. The van der Waals surface area contributed by atoms with Crippen LogP contribution in [-0.4, -0.2) is 41.5 Å². The number of benzene rings is 3. The molecule has 3 aromatic carbocycles. The fourth-order valence-electron chi connectivity index (χ4n) is 4.49. The van der Waals surface area contributed by atoms with Gasteiger partial charge in [0, 0.05) is 12.1 Å². The van der Waals surface area contributed by atoms with Gasteiger partial charge in [0.1, 0.15) is 17.3 Å². The quantitative estimate of drug-likeness (QED) is 0.153. The summed E-state index contributed by atoms with van der Waals surface area (Å²) in [5.41, 5.74) is 2.30. The minimum absolute atomic E-state index is 0.0768. The Hall–Kier alpha value is -4.06. The molecule has 1 atom stereocenters. The van der Waals surface area contributed by atoms with E-state index in [0.717, 1.165) is 24.0 Å².